The van der Waals surface area contributed by atoms with Crippen LogP contribution in [-0.4, -0.2) is 44.4 Å². The molecule has 0 saturated carbocycles. The van der Waals surface area contributed by atoms with Crippen molar-refractivity contribution in [1.29, 1.82) is 0 Å². The van der Waals surface area contributed by atoms with Gasteiger partial charge >= 0.3 is 6.36 Å². The first kappa shape index (κ1) is 26.5. The average Bonchev–Trinajstić information content (AvgIpc) is 2.77. The molecule has 0 saturated heterocycles. The fourth-order valence-corrected chi connectivity index (χ4v) is 3.04. The summed E-state index contributed by atoms with van der Waals surface area (Å²) in [4.78, 5) is 14.9. The molecular formula is C24H23F4N3O5. The number of alkyl halides is 3. The summed E-state index contributed by atoms with van der Waals surface area (Å²) >= 11 is 0. The van der Waals surface area contributed by atoms with E-state index in [9.17, 15) is 23.2 Å². The van der Waals surface area contributed by atoms with Crippen molar-refractivity contribution in [2.24, 2.45) is 0 Å². The number of carbonyl (C=O) groups is 1. The van der Waals surface area contributed by atoms with Crippen molar-refractivity contribution in [2.45, 2.75) is 13.3 Å². The number of nitrogens with one attached hydrogen (secondary N) is 1. The number of hydrogen-bond acceptors (Lipinski definition) is 6. The third kappa shape index (κ3) is 7.22. The lowest BCUT2D eigenvalue weighted by atomic mass is 10.1. The van der Waals surface area contributed by atoms with Gasteiger partial charge in [0.1, 0.15) is 46.7 Å². The van der Waals surface area contributed by atoms with Crippen molar-refractivity contribution >= 4 is 11.6 Å². The van der Waals surface area contributed by atoms with Gasteiger partial charge in [-0.2, -0.15) is 4.73 Å². The quantitative estimate of drug-likeness (QED) is 0.257. The van der Waals surface area contributed by atoms with Crippen LogP contribution in [-0.2, 0) is 0 Å². The fraction of sp³-hybridized carbons (Fsp3) is 0.250. The molecule has 1 N–H and O–H groups in total. The number of rotatable bonds is 9. The van der Waals surface area contributed by atoms with Gasteiger partial charge in [-0.15, -0.1) is 13.2 Å². The van der Waals surface area contributed by atoms with Crippen molar-refractivity contribution in [2.75, 3.05) is 32.6 Å². The number of carbonyl (C=O) groups excluding carboxylic acids is 1. The first-order valence-corrected chi connectivity index (χ1v) is 10.6. The average molecular weight is 509 g/mol. The molecule has 3 rings (SSSR count). The van der Waals surface area contributed by atoms with Crippen LogP contribution in [0.3, 0.4) is 0 Å². The summed E-state index contributed by atoms with van der Waals surface area (Å²) in [5.41, 5.74) is -0.322. The fourth-order valence-electron chi connectivity index (χ4n) is 3.04. The first-order chi connectivity index (χ1) is 16.9. The molecule has 1 heterocycles. The molecule has 36 heavy (non-hydrogen) atoms. The van der Waals surface area contributed by atoms with E-state index in [4.69, 9.17) is 9.47 Å². The van der Waals surface area contributed by atoms with Crippen molar-refractivity contribution in [3.8, 4) is 23.0 Å². The minimum absolute atomic E-state index is 0.0122. The number of ether oxygens (including phenoxy) is 3. The van der Waals surface area contributed by atoms with Gasteiger partial charge in [-0.05, 0) is 51.4 Å². The Morgan fingerprint density at radius 1 is 1.11 bits per heavy atom. The van der Waals surface area contributed by atoms with E-state index in [1.165, 1.54) is 43.5 Å². The number of anilines is 1. The molecule has 0 fully saturated rings. The van der Waals surface area contributed by atoms with Crippen LogP contribution in [0.4, 0.5) is 23.2 Å². The lowest BCUT2D eigenvalue weighted by molar-refractivity contribution is -0.604. The van der Waals surface area contributed by atoms with Gasteiger partial charge in [0.05, 0.1) is 0 Å². The summed E-state index contributed by atoms with van der Waals surface area (Å²) in [5, 5.41) is 13.9. The SMILES string of the molecule is Cc1c(OCCN(C)C)cc(Oc2ccc(OC(F)(F)F)cc2)c(C(=O)Nc2ccc[n+]([O-])c2)c1F. The molecular weight excluding hydrogens is 486 g/mol. The second kappa shape index (κ2) is 11.1. The van der Waals surface area contributed by atoms with E-state index in [1.807, 2.05) is 19.0 Å². The normalized spacial score (nSPS) is 11.3. The summed E-state index contributed by atoms with van der Waals surface area (Å²) in [5.74, 6) is -2.42. The molecule has 0 unspecified atom stereocenters. The van der Waals surface area contributed by atoms with Crippen LogP contribution in [0.1, 0.15) is 15.9 Å². The number of pyridine rings is 1. The molecule has 1 amide bonds. The maximum Gasteiger partial charge on any atom is 0.573 e. The minimum atomic E-state index is -4.87. The Balaban J connectivity index is 1.96. The monoisotopic (exact) mass is 509 g/mol. The zero-order chi connectivity index (χ0) is 26.5. The van der Waals surface area contributed by atoms with E-state index >= 15 is 4.39 Å². The maximum atomic E-state index is 15.5. The summed E-state index contributed by atoms with van der Waals surface area (Å²) in [6.45, 7) is 2.18. The van der Waals surface area contributed by atoms with Crippen LogP contribution in [0.15, 0.2) is 54.9 Å². The van der Waals surface area contributed by atoms with E-state index in [0.29, 0.717) is 11.3 Å². The van der Waals surface area contributed by atoms with Crippen LogP contribution in [0.5, 0.6) is 23.0 Å². The Kier molecular flexibility index (Phi) is 8.20. The topological polar surface area (TPSA) is 87.0 Å². The maximum absolute atomic E-state index is 15.5. The zero-order valence-electron chi connectivity index (χ0n) is 19.6. The molecule has 1 aromatic heterocycles. The highest BCUT2D eigenvalue weighted by molar-refractivity contribution is 6.06. The Morgan fingerprint density at radius 2 is 1.78 bits per heavy atom. The highest BCUT2D eigenvalue weighted by Gasteiger charge is 2.31. The number of aromatic nitrogens is 1. The number of nitrogens with zero attached hydrogens (tertiary/aromatic N) is 2. The van der Waals surface area contributed by atoms with Crippen molar-refractivity contribution < 1.29 is 41.3 Å². The predicted molar refractivity (Wildman–Crippen MR) is 122 cm³/mol. The van der Waals surface area contributed by atoms with E-state index in [-0.39, 0.29) is 35.1 Å². The minimum Gasteiger partial charge on any atom is -0.619 e. The molecule has 3 aromatic rings. The molecule has 0 radical (unpaired) electrons. The lowest BCUT2D eigenvalue weighted by Crippen LogP contribution is -2.26. The number of hydrogen-bond donors (Lipinski definition) is 1. The van der Waals surface area contributed by atoms with Gasteiger partial charge in [-0.1, -0.05) is 0 Å². The van der Waals surface area contributed by atoms with Crippen LogP contribution in [0.2, 0.25) is 0 Å². The molecule has 0 bridgehead atoms. The van der Waals surface area contributed by atoms with Gasteiger partial charge in [-0.25, -0.2) is 4.39 Å². The second-order valence-corrected chi connectivity index (χ2v) is 7.87. The molecule has 0 aliphatic carbocycles. The molecule has 0 aliphatic rings. The molecule has 8 nitrogen and oxygen atoms in total. The lowest BCUT2D eigenvalue weighted by Gasteiger charge is -2.18. The number of benzene rings is 2. The summed E-state index contributed by atoms with van der Waals surface area (Å²) < 4.78 is 68.4. The van der Waals surface area contributed by atoms with Gasteiger partial charge in [0.15, 0.2) is 6.20 Å². The zero-order valence-corrected chi connectivity index (χ0v) is 19.6. The van der Waals surface area contributed by atoms with Crippen LogP contribution in [0.25, 0.3) is 0 Å². The predicted octanol–water partition coefficient (Wildman–Crippen LogP) is 4.65. The van der Waals surface area contributed by atoms with Gasteiger partial charge in [0.2, 0.25) is 6.20 Å². The molecule has 12 heteroatoms. The molecule has 192 valence electrons. The van der Waals surface area contributed by atoms with E-state index in [2.05, 4.69) is 10.1 Å². The summed E-state index contributed by atoms with van der Waals surface area (Å²) in [6.07, 6.45) is -2.57. The Labute approximate surface area is 204 Å². The Hall–Kier alpha value is -4.06. The van der Waals surface area contributed by atoms with Gasteiger partial charge in [-0.3, -0.25) is 4.79 Å². The van der Waals surface area contributed by atoms with Crippen LogP contribution in [0, 0.1) is 17.9 Å². The van der Waals surface area contributed by atoms with Crippen molar-refractivity contribution in [1.82, 2.24) is 4.90 Å². The van der Waals surface area contributed by atoms with Crippen LogP contribution < -0.4 is 24.3 Å². The third-order valence-corrected chi connectivity index (χ3v) is 4.77. The summed E-state index contributed by atoms with van der Waals surface area (Å²) in [6, 6.07) is 8.53. The van der Waals surface area contributed by atoms with Crippen LogP contribution >= 0.6 is 0 Å². The molecule has 2 aromatic carbocycles. The van der Waals surface area contributed by atoms with Gasteiger partial charge < -0.3 is 29.6 Å². The third-order valence-electron chi connectivity index (χ3n) is 4.77. The first-order valence-electron chi connectivity index (χ1n) is 10.6. The molecule has 0 spiro atoms. The van der Waals surface area contributed by atoms with E-state index < -0.39 is 29.4 Å². The van der Waals surface area contributed by atoms with E-state index in [0.717, 1.165) is 18.3 Å². The van der Waals surface area contributed by atoms with Crippen molar-refractivity contribution in [3.05, 3.63) is 77.0 Å². The smallest absolute Gasteiger partial charge is 0.573 e. The Bertz CT molecular complexity index is 1220. The number of likely N-dealkylation sites (N-methyl/N-ethyl adjacent to an activating group) is 1. The number of halogens is 4. The highest BCUT2D eigenvalue weighted by atomic mass is 19.4. The largest absolute Gasteiger partial charge is 0.619 e. The second-order valence-electron chi connectivity index (χ2n) is 7.87. The van der Waals surface area contributed by atoms with Gasteiger partial charge in [0, 0.05) is 24.2 Å². The highest BCUT2D eigenvalue weighted by Crippen LogP contribution is 2.36. The summed E-state index contributed by atoms with van der Waals surface area (Å²) in [7, 11) is 3.67. The Morgan fingerprint density at radius 3 is 2.39 bits per heavy atom. The molecule has 0 aliphatic heterocycles. The van der Waals surface area contributed by atoms with E-state index in [1.54, 1.807) is 0 Å². The van der Waals surface area contributed by atoms with Gasteiger partial charge in [0.25, 0.3) is 5.91 Å². The number of amides is 1. The standard InChI is InChI=1S/C24H23F4N3O5/c1-15-19(34-12-11-30(2)3)13-20(35-17-6-8-18(9-7-17)36-24(26,27)28)21(22(15)25)23(32)29-16-5-4-10-31(33)14-16/h4-10,13-14H,11-12H2,1-3H3,(H,29,32). The van der Waals surface area contributed by atoms with Crippen molar-refractivity contribution in [3.63, 3.8) is 0 Å². The molecule has 0 atom stereocenters.